The molecule has 0 fully saturated rings. The van der Waals surface area contributed by atoms with Crippen LogP contribution in [0.25, 0.3) is 0 Å². The molecule has 26 heavy (non-hydrogen) atoms. The van der Waals surface area contributed by atoms with Gasteiger partial charge < -0.3 is 5.32 Å². The molecule has 6 heteroatoms. The zero-order valence-electron chi connectivity index (χ0n) is 15.3. The average molecular weight is 355 g/mol. The fourth-order valence-electron chi connectivity index (χ4n) is 2.67. The molecule has 0 atom stereocenters. The number of rotatable bonds is 5. The standard InChI is InChI=1S/C20H22FN3O2/c1-12-8-13(2)19(14(3)9-12)22-18(25)10-15(4)23-24-20(26)16-6-5-7-17(21)11-16/h5-9,11H,10H2,1-4H3,(H,22,25)(H,24,26)/b23-15+. The lowest BCUT2D eigenvalue weighted by Crippen LogP contribution is -2.22. The largest absolute Gasteiger partial charge is 0.325 e. The zero-order valence-corrected chi connectivity index (χ0v) is 15.3. The first-order chi connectivity index (χ1) is 12.3. The molecule has 0 aliphatic rings. The predicted molar refractivity (Wildman–Crippen MR) is 101 cm³/mol. The first-order valence-corrected chi connectivity index (χ1v) is 8.23. The summed E-state index contributed by atoms with van der Waals surface area (Å²) in [5.74, 6) is -1.25. The van der Waals surface area contributed by atoms with Crippen molar-refractivity contribution in [2.75, 3.05) is 5.32 Å². The highest BCUT2D eigenvalue weighted by molar-refractivity contribution is 6.06. The summed E-state index contributed by atoms with van der Waals surface area (Å²) in [7, 11) is 0. The summed E-state index contributed by atoms with van der Waals surface area (Å²) in [5.41, 5.74) is 6.84. The summed E-state index contributed by atoms with van der Waals surface area (Å²) >= 11 is 0. The summed E-state index contributed by atoms with van der Waals surface area (Å²) in [5, 5.41) is 6.79. The number of hydrogen-bond donors (Lipinski definition) is 2. The van der Waals surface area contributed by atoms with Crippen LogP contribution in [0.1, 0.15) is 40.4 Å². The van der Waals surface area contributed by atoms with Crippen molar-refractivity contribution in [2.45, 2.75) is 34.1 Å². The van der Waals surface area contributed by atoms with Crippen LogP contribution in [0, 0.1) is 26.6 Å². The van der Waals surface area contributed by atoms with Gasteiger partial charge in [-0.05, 0) is 57.0 Å². The van der Waals surface area contributed by atoms with E-state index in [-0.39, 0.29) is 17.9 Å². The molecule has 0 saturated carbocycles. The van der Waals surface area contributed by atoms with Crippen LogP contribution in [0.3, 0.4) is 0 Å². The first-order valence-electron chi connectivity index (χ1n) is 8.23. The lowest BCUT2D eigenvalue weighted by molar-refractivity contribution is -0.115. The monoisotopic (exact) mass is 355 g/mol. The number of aryl methyl sites for hydroxylation is 3. The molecule has 0 aliphatic carbocycles. The highest BCUT2D eigenvalue weighted by Crippen LogP contribution is 2.22. The molecule has 2 N–H and O–H groups in total. The highest BCUT2D eigenvalue weighted by atomic mass is 19.1. The van der Waals surface area contributed by atoms with Crippen LogP contribution < -0.4 is 10.7 Å². The van der Waals surface area contributed by atoms with Gasteiger partial charge in [0.25, 0.3) is 5.91 Å². The van der Waals surface area contributed by atoms with E-state index in [1.807, 2.05) is 32.9 Å². The molecule has 0 bridgehead atoms. The second kappa shape index (κ2) is 8.38. The van der Waals surface area contributed by atoms with Crippen molar-refractivity contribution >= 4 is 23.2 Å². The van der Waals surface area contributed by atoms with Gasteiger partial charge in [-0.3, -0.25) is 9.59 Å². The Morgan fingerprint density at radius 1 is 1.08 bits per heavy atom. The van der Waals surface area contributed by atoms with Gasteiger partial charge >= 0.3 is 0 Å². The summed E-state index contributed by atoms with van der Waals surface area (Å²) in [4.78, 5) is 24.1. The van der Waals surface area contributed by atoms with Gasteiger partial charge in [-0.25, -0.2) is 9.82 Å². The quantitative estimate of drug-likeness (QED) is 0.631. The molecule has 0 radical (unpaired) electrons. The average Bonchev–Trinajstić information content (AvgIpc) is 2.56. The van der Waals surface area contributed by atoms with Crippen LogP contribution in [-0.4, -0.2) is 17.5 Å². The number of carbonyl (C=O) groups excluding carboxylic acids is 2. The minimum atomic E-state index is -0.533. The Kier molecular flexibility index (Phi) is 6.22. The van der Waals surface area contributed by atoms with Crippen molar-refractivity contribution in [1.82, 2.24) is 5.43 Å². The molecule has 2 aromatic carbocycles. The van der Waals surface area contributed by atoms with E-state index in [2.05, 4.69) is 15.8 Å². The maximum absolute atomic E-state index is 13.1. The number of nitrogens with one attached hydrogen (secondary N) is 2. The van der Waals surface area contributed by atoms with Gasteiger partial charge in [0.05, 0.1) is 6.42 Å². The lowest BCUT2D eigenvalue weighted by Gasteiger charge is -2.12. The molecule has 2 rings (SSSR count). The fourth-order valence-corrected chi connectivity index (χ4v) is 2.67. The van der Waals surface area contributed by atoms with Gasteiger partial charge in [0.15, 0.2) is 0 Å². The Labute approximate surface area is 152 Å². The van der Waals surface area contributed by atoms with Gasteiger partial charge in [-0.1, -0.05) is 23.8 Å². The van der Waals surface area contributed by atoms with E-state index in [9.17, 15) is 14.0 Å². The van der Waals surface area contributed by atoms with E-state index in [4.69, 9.17) is 0 Å². The van der Waals surface area contributed by atoms with Crippen molar-refractivity contribution in [2.24, 2.45) is 5.10 Å². The van der Waals surface area contributed by atoms with Crippen molar-refractivity contribution < 1.29 is 14.0 Å². The summed E-state index contributed by atoms with van der Waals surface area (Å²) in [6.07, 6.45) is 0.0379. The Hall–Kier alpha value is -3.02. The predicted octanol–water partition coefficient (Wildman–Crippen LogP) is 3.89. The Balaban J connectivity index is 1.96. The number of amides is 2. The first kappa shape index (κ1) is 19.3. The molecular weight excluding hydrogens is 333 g/mol. The van der Waals surface area contributed by atoms with Crippen LogP contribution in [0.2, 0.25) is 0 Å². The second-order valence-corrected chi connectivity index (χ2v) is 6.30. The number of carbonyl (C=O) groups is 2. The van der Waals surface area contributed by atoms with Crippen LogP contribution >= 0.6 is 0 Å². The molecular formula is C20H22FN3O2. The third kappa shape index (κ3) is 5.24. The maximum atomic E-state index is 13.1. The van der Waals surface area contributed by atoms with E-state index in [0.29, 0.717) is 5.71 Å². The van der Waals surface area contributed by atoms with Gasteiger partial charge in [0.1, 0.15) is 5.82 Å². The highest BCUT2D eigenvalue weighted by Gasteiger charge is 2.10. The van der Waals surface area contributed by atoms with Gasteiger partial charge in [-0.15, -0.1) is 0 Å². The number of hydrogen-bond acceptors (Lipinski definition) is 3. The topological polar surface area (TPSA) is 70.6 Å². The van der Waals surface area contributed by atoms with E-state index < -0.39 is 11.7 Å². The molecule has 5 nitrogen and oxygen atoms in total. The molecule has 136 valence electrons. The Morgan fingerprint density at radius 3 is 2.35 bits per heavy atom. The van der Waals surface area contributed by atoms with Crippen LogP contribution in [0.15, 0.2) is 41.5 Å². The minimum absolute atomic E-state index is 0.0379. The van der Waals surface area contributed by atoms with Crippen LogP contribution in [-0.2, 0) is 4.79 Å². The van der Waals surface area contributed by atoms with Crippen molar-refractivity contribution in [3.8, 4) is 0 Å². The molecule has 2 aromatic rings. The number of nitrogens with zero attached hydrogens (tertiary/aromatic N) is 1. The maximum Gasteiger partial charge on any atom is 0.271 e. The molecule has 2 amide bonds. The molecule has 0 spiro atoms. The molecule has 0 aliphatic heterocycles. The Morgan fingerprint density at radius 2 is 1.73 bits per heavy atom. The number of anilines is 1. The van der Waals surface area contributed by atoms with Gasteiger partial charge in [0, 0.05) is 17.0 Å². The smallest absolute Gasteiger partial charge is 0.271 e. The fraction of sp³-hybridized carbons (Fsp3) is 0.250. The van der Waals surface area contributed by atoms with E-state index in [1.165, 1.54) is 18.2 Å². The molecule has 0 unspecified atom stereocenters. The van der Waals surface area contributed by atoms with Crippen molar-refractivity contribution in [1.29, 1.82) is 0 Å². The lowest BCUT2D eigenvalue weighted by atomic mass is 10.0. The zero-order chi connectivity index (χ0) is 19.3. The third-order valence-corrected chi connectivity index (χ3v) is 3.79. The normalized spacial score (nSPS) is 11.2. The van der Waals surface area contributed by atoms with Crippen molar-refractivity contribution in [3.05, 3.63) is 64.5 Å². The van der Waals surface area contributed by atoms with Crippen LogP contribution in [0.5, 0.6) is 0 Å². The van der Waals surface area contributed by atoms with E-state index >= 15 is 0 Å². The number of halogens is 1. The van der Waals surface area contributed by atoms with Crippen molar-refractivity contribution in [3.63, 3.8) is 0 Å². The number of benzene rings is 2. The van der Waals surface area contributed by atoms with E-state index in [1.54, 1.807) is 6.92 Å². The van der Waals surface area contributed by atoms with Gasteiger partial charge in [-0.2, -0.15) is 5.10 Å². The number of hydrazone groups is 1. The molecule has 0 heterocycles. The SMILES string of the molecule is C/C(CC(=O)Nc1c(C)cc(C)cc1C)=N\NC(=O)c1cccc(F)c1. The minimum Gasteiger partial charge on any atom is -0.325 e. The van der Waals surface area contributed by atoms with Gasteiger partial charge in [0.2, 0.25) is 5.91 Å². The summed E-state index contributed by atoms with van der Waals surface area (Å²) in [6.45, 7) is 7.52. The summed E-state index contributed by atoms with van der Waals surface area (Å²) < 4.78 is 13.1. The molecule has 0 aromatic heterocycles. The molecule has 0 saturated heterocycles. The third-order valence-electron chi connectivity index (χ3n) is 3.79. The van der Waals surface area contributed by atoms with E-state index in [0.717, 1.165) is 28.4 Å². The second-order valence-electron chi connectivity index (χ2n) is 6.30. The summed E-state index contributed by atoms with van der Waals surface area (Å²) in [6, 6.07) is 9.31. The Bertz CT molecular complexity index is 852. The van der Waals surface area contributed by atoms with Crippen LogP contribution in [0.4, 0.5) is 10.1 Å².